The molecule has 0 bridgehead atoms. The van der Waals surface area contributed by atoms with Crippen LogP contribution >= 0.6 is 11.3 Å². The highest BCUT2D eigenvalue weighted by molar-refractivity contribution is 7.10. The Kier molecular flexibility index (Phi) is 3.74. The normalized spacial score (nSPS) is 27.6. The summed E-state index contributed by atoms with van der Waals surface area (Å²) in [7, 11) is 0. The quantitative estimate of drug-likeness (QED) is 0.933. The summed E-state index contributed by atoms with van der Waals surface area (Å²) in [4.78, 5) is 15.3. The van der Waals surface area contributed by atoms with Crippen LogP contribution in [0.5, 0.6) is 0 Å². The monoisotopic (exact) mass is 308 g/mol. The summed E-state index contributed by atoms with van der Waals surface area (Å²) in [6.45, 7) is 10.5. The highest BCUT2D eigenvalue weighted by Crippen LogP contribution is 2.46. The second-order valence-electron chi connectivity index (χ2n) is 7.15. The lowest BCUT2D eigenvalue weighted by Gasteiger charge is -2.26. The number of carbonyl (C=O) groups is 1. The standard InChI is InChI=1S/C16H24N2O2S/c1-10-5-6-21-13(10)7-17-14-11-8-18(9-12(11)14)15(19)20-16(2,3)4/h5-6,11-12,14,17H,7-9H2,1-4H3. The van der Waals surface area contributed by atoms with Gasteiger partial charge in [0.2, 0.25) is 0 Å². The Hall–Kier alpha value is -1.07. The minimum Gasteiger partial charge on any atom is -0.444 e. The maximum absolute atomic E-state index is 12.0. The molecule has 1 saturated carbocycles. The van der Waals surface area contributed by atoms with Crippen LogP contribution in [0.1, 0.15) is 31.2 Å². The number of likely N-dealkylation sites (tertiary alicyclic amines) is 1. The minimum atomic E-state index is -0.405. The predicted octanol–water partition coefficient (Wildman–Crippen LogP) is 3.01. The lowest BCUT2D eigenvalue weighted by Crippen LogP contribution is -2.39. The van der Waals surface area contributed by atoms with Gasteiger partial charge in [0.1, 0.15) is 5.60 Å². The molecule has 1 saturated heterocycles. The number of fused-ring (bicyclic) bond motifs is 1. The fourth-order valence-corrected chi connectivity index (χ4v) is 3.96. The largest absolute Gasteiger partial charge is 0.444 e. The molecule has 2 atom stereocenters. The van der Waals surface area contributed by atoms with E-state index >= 15 is 0 Å². The molecule has 116 valence electrons. The van der Waals surface area contributed by atoms with Crippen molar-refractivity contribution in [2.75, 3.05) is 13.1 Å². The van der Waals surface area contributed by atoms with Crippen molar-refractivity contribution in [1.29, 1.82) is 0 Å². The van der Waals surface area contributed by atoms with Crippen LogP contribution in [0.2, 0.25) is 0 Å². The van der Waals surface area contributed by atoms with Crippen LogP contribution in [0.15, 0.2) is 11.4 Å². The summed E-state index contributed by atoms with van der Waals surface area (Å²) in [5.74, 6) is 1.22. The van der Waals surface area contributed by atoms with E-state index in [-0.39, 0.29) is 6.09 Å². The Balaban J connectivity index is 1.44. The van der Waals surface area contributed by atoms with Gasteiger partial charge in [0.05, 0.1) is 0 Å². The first-order valence-corrected chi connectivity index (χ1v) is 8.47. The van der Waals surface area contributed by atoms with Gasteiger partial charge in [0.25, 0.3) is 0 Å². The van der Waals surface area contributed by atoms with Gasteiger partial charge in [-0.2, -0.15) is 0 Å². The number of carbonyl (C=O) groups excluding carboxylic acids is 1. The van der Waals surface area contributed by atoms with Crippen LogP contribution in [0.4, 0.5) is 4.79 Å². The first kappa shape index (κ1) is 14.9. The summed E-state index contributed by atoms with van der Waals surface area (Å²) in [6.07, 6.45) is -0.164. The molecule has 1 aromatic heterocycles. The number of rotatable bonds is 3. The van der Waals surface area contributed by atoms with E-state index in [1.807, 2.05) is 37.0 Å². The molecule has 3 rings (SSSR count). The first-order valence-electron chi connectivity index (χ1n) is 7.59. The molecule has 21 heavy (non-hydrogen) atoms. The van der Waals surface area contributed by atoms with Crippen molar-refractivity contribution in [3.8, 4) is 0 Å². The fraction of sp³-hybridized carbons (Fsp3) is 0.688. The third kappa shape index (κ3) is 3.24. The van der Waals surface area contributed by atoms with Crippen LogP contribution in [0, 0.1) is 18.8 Å². The van der Waals surface area contributed by atoms with E-state index in [0.29, 0.717) is 17.9 Å². The van der Waals surface area contributed by atoms with Crippen LogP contribution < -0.4 is 5.32 Å². The number of aryl methyl sites for hydroxylation is 1. The summed E-state index contributed by atoms with van der Waals surface area (Å²) in [6, 6.07) is 2.74. The molecule has 1 aliphatic heterocycles. The van der Waals surface area contributed by atoms with E-state index in [2.05, 4.69) is 23.7 Å². The predicted molar refractivity (Wildman–Crippen MR) is 84.5 cm³/mol. The molecular weight excluding hydrogens is 284 g/mol. The second kappa shape index (κ2) is 5.29. The van der Waals surface area contributed by atoms with E-state index in [4.69, 9.17) is 4.74 Å². The Labute approximate surface area is 130 Å². The Morgan fingerprint density at radius 1 is 1.43 bits per heavy atom. The molecule has 4 nitrogen and oxygen atoms in total. The highest BCUT2D eigenvalue weighted by Gasteiger charge is 2.56. The summed E-state index contributed by atoms with van der Waals surface area (Å²) in [5.41, 5.74) is 0.965. The van der Waals surface area contributed by atoms with Gasteiger partial charge in [-0.1, -0.05) is 0 Å². The fourth-order valence-electron chi connectivity index (χ4n) is 3.10. The third-order valence-electron chi connectivity index (χ3n) is 4.31. The zero-order chi connectivity index (χ0) is 15.2. The molecule has 0 aromatic carbocycles. The average Bonchev–Trinajstić information content (AvgIpc) is 2.77. The Bertz CT molecular complexity index is 523. The zero-order valence-electron chi connectivity index (χ0n) is 13.2. The van der Waals surface area contributed by atoms with Gasteiger partial charge >= 0.3 is 6.09 Å². The number of amides is 1. The van der Waals surface area contributed by atoms with Crippen molar-refractivity contribution < 1.29 is 9.53 Å². The van der Waals surface area contributed by atoms with Gasteiger partial charge in [-0.25, -0.2) is 4.79 Å². The first-order chi connectivity index (χ1) is 9.85. The topological polar surface area (TPSA) is 41.6 Å². The average molecular weight is 308 g/mol. The van der Waals surface area contributed by atoms with Crippen molar-refractivity contribution in [3.05, 3.63) is 21.9 Å². The number of thiophene rings is 1. The number of hydrogen-bond donors (Lipinski definition) is 1. The van der Waals surface area contributed by atoms with E-state index in [1.54, 1.807) is 0 Å². The minimum absolute atomic E-state index is 0.164. The van der Waals surface area contributed by atoms with E-state index < -0.39 is 5.60 Å². The molecule has 0 radical (unpaired) electrons. The molecule has 2 fully saturated rings. The lowest BCUT2D eigenvalue weighted by molar-refractivity contribution is 0.0269. The van der Waals surface area contributed by atoms with Gasteiger partial charge in [-0.3, -0.25) is 0 Å². The number of piperidine rings is 1. The molecule has 2 heterocycles. The van der Waals surface area contributed by atoms with Gasteiger partial charge < -0.3 is 15.0 Å². The number of nitrogens with zero attached hydrogens (tertiary/aromatic N) is 1. The maximum Gasteiger partial charge on any atom is 0.410 e. The Morgan fingerprint density at radius 3 is 2.62 bits per heavy atom. The van der Waals surface area contributed by atoms with Gasteiger partial charge in [-0.15, -0.1) is 11.3 Å². The molecule has 2 aliphatic rings. The smallest absolute Gasteiger partial charge is 0.410 e. The van der Waals surface area contributed by atoms with Crippen LogP contribution in [-0.2, 0) is 11.3 Å². The molecule has 2 unspecified atom stereocenters. The van der Waals surface area contributed by atoms with Crippen LogP contribution in [0.3, 0.4) is 0 Å². The zero-order valence-corrected chi connectivity index (χ0v) is 14.0. The summed E-state index contributed by atoms with van der Waals surface area (Å²) < 4.78 is 5.43. The van der Waals surface area contributed by atoms with E-state index in [0.717, 1.165) is 19.6 Å². The van der Waals surface area contributed by atoms with E-state index in [1.165, 1.54) is 10.4 Å². The van der Waals surface area contributed by atoms with Crippen molar-refractivity contribution in [1.82, 2.24) is 10.2 Å². The van der Waals surface area contributed by atoms with E-state index in [9.17, 15) is 4.79 Å². The second-order valence-corrected chi connectivity index (χ2v) is 8.15. The van der Waals surface area contributed by atoms with Crippen molar-refractivity contribution in [2.24, 2.45) is 11.8 Å². The van der Waals surface area contributed by atoms with Crippen LogP contribution in [-0.4, -0.2) is 35.7 Å². The van der Waals surface area contributed by atoms with Gasteiger partial charge in [0.15, 0.2) is 0 Å². The molecule has 1 amide bonds. The van der Waals surface area contributed by atoms with Crippen molar-refractivity contribution in [2.45, 2.75) is 45.9 Å². The van der Waals surface area contributed by atoms with Crippen LogP contribution in [0.25, 0.3) is 0 Å². The van der Waals surface area contributed by atoms with Crippen molar-refractivity contribution >= 4 is 17.4 Å². The molecule has 0 spiro atoms. The highest BCUT2D eigenvalue weighted by atomic mass is 32.1. The third-order valence-corrected chi connectivity index (χ3v) is 5.34. The number of ether oxygens (including phenoxy) is 1. The Morgan fingerprint density at radius 2 is 2.10 bits per heavy atom. The maximum atomic E-state index is 12.0. The summed E-state index contributed by atoms with van der Waals surface area (Å²) >= 11 is 1.81. The molecule has 1 N–H and O–H groups in total. The lowest BCUT2D eigenvalue weighted by atomic mass is 10.2. The molecular formula is C16H24N2O2S. The van der Waals surface area contributed by atoms with Gasteiger partial charge in [-0.05, 0) is 56.5 Å². The molecule has 1 aromatic rings. The SMILES string of the molecule is Cc1ccsc1CNC1C2CN(C(=O)OC(C)(C)C)CC21. The number of nitrogens with one attached hydrogen (secondary N) is 1. The summed E-state index contributed by atoms with van der Waals surface area (Å²) in [5, 5.41) is 5.78. The molecule has 5 heteroatoms. The molecule has 1 aliphatic carbocycles. The van der Waals surface area contributed by atoms with Gasteiger partial charge in [0, 0.05) is 30.6 Å². The number of hydrogen-bond acceptors (Lipinski definition) is 4. The van der Waals surface area contributed by atoms with Crippen molar-refractivity contribution in [3.63, 3.8) is 0 Å².